The second-order valence-corrected chi connectivity index (χ2v) is 9.24. The summed E-state index contributed by atoms with van der Waals surface area (Å²) in [5.41, 5.74) is -0.637. The number of hydrogen-bond donors (Lipinski definition) is 0. The molecular formula is C13H19BrCl3NO2. The van der Waals surface area contributed by atoms with Gasteiger partial charge in [-0.15, -0.1) is 0 Å². The lowest BCUT2D eigenvalue weighted by Gasteiger charge is -2.29. The van der Waals surface area contributed by atoms with E-state index < -0.39 is 21.3 Å². The normalized spacial score (nSPS) is 16.9. The highest BCUT2D eigenvalue weighted by Crippen LogP contribution is 2.39. The Morgan fingerprint density at radius 3 is 2.15 bits per heavy atom. The Hall–Kier alpha value is 0.310. The van der Waals surface area contributed by atoms with Crippen LogP contribution in [0.25, 0.3) is 0 Å². The van der Waals surface area contributed by atoms with Gasteiger partial charge in [0.05, 0.1) is 6.07 Å². The van der Waals surface area contributed by atoms with Gasteiger partial charge in [0.2, 0.25) is 0 Å². The van der Waals surface area contributed by atoms with Crippen molar-refractivity contribution in [2.45, 2.75) is 54.8 Å². The molecule has 20 heavy (non-hydrogen) atoms. The Labute approximate surface area is 144 Å². The predicted molar refractivity (Wildman–Crippen MR) is 86.4 cm³/mol. The van der Waals surface area contributed by atoms with Crippen LogP contribution in [-0.4, -0.2) is 20.2 Å². The lowest BCUT2D eigenvalue weighted by Crippen LogP contribution is -2.35. The molecule has 0 aromatic rings. The molecule has 3 nitrogen and oxygen atoms in total. The van der Waals surface area contributed by atoms with Crippen molar-refractivity contribution in [3.8, 4) is 6.07 Å². The minimum absolute atomic E-state index is 0.206. The van der Waals surface area contributed by atoms with E-state index in [9.17, 15) is 10.1 Å². The largest absolute Gasteiger partial charge is 0.459 e. The van der Waals surface area contributed by atoms with E-state index in [0.717, 1.165) is 0 Å². The van der Waals surface area contributed by atoms with Crippen LogP contribution >= 0.6 is 50.7 Å². The Morgan fingerprint density at radius 2 is 1.85 bits per heavy atom. The second kappa shape index (κ2) is 8.08. The summed E-state index contributed by atoms with van der Waals surface area (Å²) >= 11 is 20.7. The minimum atomic E-state index is -1.43. The van der Waals surface area contributed by atoms with E-state index in [1.165, 1.54) is 0 Å². The molecule has 0 aromatic heterocycles. The van der Waals surface area contributed by atoms with Gasteiger partial charge in [-0.3, -0.25) is 4.79 Å². The third-order valence-corrected chi connectivity index (χ3v) is 4.06. The third kappa shape index (κ3) is 7.93. The molecule has 7 heteroatoms. The van der Waals surface area contributed by atoms with Gasteiger partial charge in [0.25, 0.3) is 0 Å². The van der Waals surface area contributed by atoms with Crippen LogP contribution in [0.1, 0.15) is 40.5 Å². The second-order valence-electron chi connectivity index (χ2n) is 5.55. The zero-order valence-corrected chi connectivity index (χ0v) is 15.8. The maximum atomic E-state index is 12.1. The number of esters is 1. The summed E-state index contributed by atoms with van der Waals surface area (Å²) in [6.07, 6.45) is 0.797. The minimum Gasteiger partial charge on any atom is -0.459 e. The Morgan fingerprint density at radius 1 is 1.35 bits per heavy atom. The number of hydrogen-bond acceptors (Lipinski definition) is 3. The van der Waals surface area contributed by atoms with E-state index in [2.05, 4.69) is 15.9 Å². The number of ether oxygens (including phenoxy) is 1. The smallest absolute Gasteiger partial charge is 0.324 e. The summed E-state index contributed by atoms with van der Waals surface area (Å²) < 4.78 is 3.84. The lowest BCUT2D eigenvalue weighted by atomic mass is 9.87. The molecule has 0 bridgehead atoms. The van der Waals surface area contributed by atoms with Crippen LogP contribution in [0.5, 0.6) is 0 Å². The first-order chi connectivity index (χ1) is 8.91. The Bertz CT molecular complexity index is 371. The highest BCUT2D eigenvalue weighted by molar-refractivity contribution is 9.09. The number of rotatable bonds is 5. The maximum Gasteiger partial charge on any atom is 0.324 e. The summed E-state index contributed by atoms with van der Waals surface area (Å²) in [4.78, 5) is 11.8. The van der Waals surface area contributed by atoms with Crippen LogP contribution in [0.3, 0.4) is 0 Å². The van der Waals surface area contributed by atoms with Gasteiger partial charge in [-0.05, 0) is 26.7 Å². The van der Waals surface area contributed by atoms with E-state index in [0.29, 0.717) is 6.42 Å². The van der Waals surface area contributed by atoms with E-state index >= 15 is 0 Å². The zero-order valence-electron chi connectivity index (χ0n) is 11.9. The lowest BCUT2D eigenvalue weighted by molar-refractivity contribution is -0.159. The Kier molecular flexibility index (Phi) is 8.20. The molecule has 0 aliphatic heterocycles. The highest BCUT2D eigenvalue weighted by Gasteiger charge is 2.38. The number of nitriles is 1. The van der Waals surface area contributed by atoms with Crippen molar-refractivity contribution in [2.75, 3.05) is 0 Å². The SMILES string of the molecule is CCC(C(Br)CC(Cl)(Cl)Cl)C(C#N)C(=O)OC(C)(C)C. The molecule has 0 aliphatic carbocycles. The average Bonchev–Trinajstić information content (AvgIpc) is 2.19. The molecule has 0 rings (SSSR count). The first-order valence-corrected chi connectivity index (χ1v) is 8.29. The molecular weight excluding hydrogens is 388 g/mol. The molecule has 0 N–H and O–H groups in total. The van der Waals surface area contributed by atoms with Crippen LogP contribution in [0.15, 0.2) is 0 Å². The molecule has 0 amide bonds. The average molecular weight is 408 g/mol. The van der Waals surface area contributed by atoms with Gasteiger partial charge in [-0.25, -0.2) is 0 Å². The molecule has 0 saturated heterocycles. The number of carbonyl (C=O) groups excluding carboxylic acids is 1. The fraction of sp³-hybridized carbons (Fsp3) is 0.846. The summed E-state index contributed by atoms with van der Waals surface area (Å²) in [5, 5.41) is 9.27. The molecule has 0 fully saturated rings. The predicted octanol–water partition coefficient (Wildman–Crippen LogP) is 5.02. The van der Waals surface area contributed by atoms with Gasteiger partial charge in [0, 0.05) is 11.2 Å². The molecule has 0 aliphatic rings. The van der Waals surface area contributed by atoms with Crippen LogP contribution in [0.4, 0.5) is 0 Å². The maximum absolute atomic E-state index is 12.1. The van der Waals surface area contributed by atoms with Crippen molar-refractivity contribution in [1.82, 2.24) is 0 Å². The standard InChI is InChI=1S/C13H19BrCl3NO2/c1-5-8(10(14)6-13(15,16)17)9(7-18)11(19)20-12(2,3)4/h8-10H,5-6H2,1-4H3. The first kappa shape index (κ1) is 20.3. The van der Waals surface area contributed by atoms with Crippen LogP contribution in [0.2, 0.25) is 0 Å². The topological polar surface area (TPSA) is 50.1 Å². The van der Waals surface area contributed by atoms with Crippen molar-refractivity contribution >= 4 is 56.7 Å². The number of nitrogens with zero attached hydrogens (tertiary/aromatic N) is 1. The van der Waals surface area contributed by atoms with E-state index in [-0.39, 0.29) is 17.2 Å². The van der Waals surface area contributed by atoms with Crippen LogP contribution in [0, 0.1) is 23.2 Å². The van der Waals surface area contributed by atoms with Crippen molar-refractivity contribution in [2.24, 2.45) is 11.8 Å². The van der Waals surface area contributed by atoms with Gasteiger partial charge in [0.1, 0.15) is 11.5 Å². The van der Waals surface area contributed by atoms with Crippen LogP contribution < -0.4 is 0 Å². The molecule has 0 radical (unpaired) electrons. The molecule has 3 unspecified atom stereocenters. The molecule has 0 saturated carbocycles. The quantitative estimate of drug-likeness (QED) is 0.475. The molecule has 116 valence electrons. The van der Waals surface area contributed by atoms with Crippen molar-refractivity contribution < 1.29 is 9.53 Å². The molecule has 0 aromatic carbocycles. The van der Waals surface area contributed by atoms with E-state index in [1.807, 2.05) is 13.0 Å². The van der Waals surface area contributed by atoms with Gasteiger partial charge >= 0.3 is 5.97 Å². The number of alkyl halides is 4. The van der Waals surface area contributed by atoms with E-state index in [4.69, 9.17) is 39.5 Å². The Balaban J connectivity index is 5.00. The molecule has 3 atom stereocenters. The van der Waals surface area contributed by atoms with Gasteiger partial charge in [-0.2, -0.15) is 5.26 Å². The van der Waals surface area contributed by atoms with Crippen molar-refractivity contribution in [3.63, 3.8) is 0 Å². The van der Waals surface area contributed by atoms with Gasteiger partial charge in [-0.1, -0.05) is 64.1 Å². The van der Waals surface area contributed by atoms with Gasteiger partial charge in [0.15, 0.2) is 3.79 Å². The van der Waals surface area contributed by atoms with Gasteiger partial charge < -0.3 is 4.74 Å². The summed E-state index contributed by atoms with van der Waals surface area (Å²) in [6, 6.07) is 2.01. The number of halogens is 4. The van der Waals surface area contributed by atoms with E-state index in [1.54, 1.807) is 20.8 Å². The summed E-state index contributed by atoms with van der Waals surface area (Å²) in [5.74, 6) is -1.72. The summed E-state index contributed by atoms with van der Waals surface area (Å²) in [6.45, 7) is 7.15. The molecule has 0 spiro atoms. The monoisotopic (exact) mass is 405 g/mol. The number of carbonyl (C=O) groups is 1. The first-order valence-electron chi connectivity index (χ1n) is 6.24. The van der Waals surface area contributed by atoms with Crippen molar-refractivity contribution in [3.05, 3.63) is 0 Å². The summed E-state index contributed by atoms with van der Waals surface area (Å²) in [7, 11) is 0. The third-order valence-electron chi connectivity index (χ3n) is 2.59. The highest BCUT2D eigenvalue weighted by atomic mass is 79.9. The van der Waals surface area contributed by atoms with Crippen molar-refractivity contribution in [1.29, 1.82) is 5.26 Å². The van der Waals surface area contributed by atoms with Crippen LogP contribution in [-0.2, 0) is 9.53 Å². The molecule has 0 heterocycles. The fourth-order valence-electron chi connectivity index (χ4n) is 1.76. The zero-order chi connectivity index (χ0) is 16.1. The fourth-order valence-corrected chi connectivity index (χ4v) is 3.98.